The second-order valence-corrected chi connectivity index (χ2v) is 13.1. The van der Waals surface area contributed by atoms with Crippen LogP contribution in [0.15, 0.2) is 43.0 Å². The standard InChI is InChI=1S/C20H30OSi/c1-7-8-12-16-20(21,22(5,6)19(2,3)4)17-15-18-13-10-9-11-14-18/h7,9-11,13-14,21H,1,8,12,16H2,2-6H3/t20-/m1/s1. The van der Waals surface area contributed by atoms with Gasteiger partial charge in [-0.05, 0) is 36.4 Å². The number of benzene rings is 1. The molecule has 0 aliphatic carbocycles. The Hall–Kier alpha value is -1.30. The molecular weight excluding hydrogens is 284 g/mol. The molecule has 1 rings (SSSR count). The van der Waals surface area contributed by atoms with E-state index in [1.165, 1.54) is 0 Å². The van der Waals surface area contributed by atoms with Gasteiger partial charge < -0.3 is 5.11 Å². The molecule has 1 aromatic rings. The fourth-order valence-corrected chi connectivity index (χ4v) is 4.77. The zero-order valence-corrected chi connectivity index (χ0v) is 15.7. The summed E-state index contributed by atoms with van der Waals surface area (Å²) in [5, 5.41) is 10.6. The average Bonchev–Trinajstić information content (AvgIpc) is 2.45. The molecule has 0 spiro atoms. The molecule has 1 aromatic carbocycles. The van der Waals surface area contributed by atoms with Gasteiger partial charge in [0.05, 0.1) is 0 Å². The van der Waals surface area contributed by atoms with Crippen molar-refractivity contribution in [1.29, 1.82) is 0 Å². The first-order valence-corrected chi connectivity index (χ1v) is 11.1. The van der Waals surface area contributed by atoms with Crippen LogP contribution in [0.2, 0.25) is 18.1 Å². The second kappa shape index (κ2) is 7.31. The van der Waals surface area contributed by atoms with Gasteiger partial charge >= 0.3 is 0 Å². The molecular formula is C20H30OSi. The third kappa shape index (κ3) is 4.35. The van der Waals surface area contributed by atoms with Gasteiger partial charge in [0.1, 0.15) is 13.3 Å². The van der Waals surface area contributed by atoms with E-state index in [-0.39, 0.29) is 5.04 Å². The Labute approximate surface area is 137 Å². The molecule has 0 heterocycles. The zero-order chi connectivity index (χ0) is 16.9. The second-order valence-electron chi connectivity index (χ2n) is 7.53. The molecule has 0 aromatic heterocycles. The maximum absolute atomic E-state index is 11.4. The van der Waals surface area contributed by atoms with Gasteiger partial charge in [-0.1, -0.05) is 70.0 Å². The highest BCUT2D eigenvalue weighted by atomic mass is 28.3. The summed E-state index contributed by atoms with van der Waals surface area (Å²) >= 11 is 0. The first-order chi connectivity index (χ1) is 10.1. The maximum atomic E-state index is 11.4. The van der Waals surface area contributed by atoms with Crippen LogP contribution in [-0.4, -0.2) is 18.4 Å². The van der Waals surface area contributed by atoms with E-state index in [0.29, 0.717) is 0 Å². The number of aliphatic hydroxyl groups is 1. The van der Waals surface area contributed by atoms with Crippen LogP contribution in [0.1, 0.15) is 45.6 Å². The van der Waals surface area contributed by atoms with E-state index in [2.05, 4.69) is 52.3 Å². The van der Waals surface area contributed by atoms with Crippen molar-refractivity contribution in [1.82, 2.24) is 0 Å². The summed E-state index contributed by atoms with van der Waals surface area (Å²) in [6.45, 7) is 15.0. The van der Waals surface area contributed by atoms with E-state index in [0.717, 1.165) is 24.8 Å². The normalized spacial score (nSPS) is 14.6. The lowest BCUT2D eigenvalue weighted by Crippen LogP contribution is -2.59. The lowest BCUT2D eigenvalue weighted by Gasteiger charge is -2.46. The Bertz CT molecular complexity index is 543. The van der Waals surface area contributed by atoms with Gasteiger partial charge in [0.25, 0.3) is 0 Å². The molecule has 0 bridgehead atoms. The van der Waals surface area contributed by atoms with Crippen LogP contribution in [-0.2, 0) is 0 Å². The smallest absolute Gasteiger partial charge is 0.113 e. The van der Waals surface area contributed by atoms with Crippen LogP contribution in [0, 0.1) is 11.8 Å². The van der Waals surface area contributed by atoms with Crippen molar-refractivity contribution < 1.29 is 5.11 Å². The molecule has 2 heteroatoms. The molecule has 0 fully saturated rings. The van der Waals surface area contributed by atoms with Crippen LogP contribution >= 0.6 is 0 Å². The molecule has 0 saturated heterocycles. The van der Waals surface area contributed by atoms with Crippen molar-refractivity contribution in [2.75, 3.05) is 0 Å². The first-order valence-electron chi connectivity index (χ1n) is 8.05. The molecule has 120 valence electrons. The molecule has 0 saturated carbocycles. The summed E-state index contributed by atoms with van der Waals surface area (Å²) in [7, 11) is -2.01. The third-order valence-electron chi connectivity index (χ3n) is 5.04. The lowest BCUT2D eigenvalue weighted by atomic mass is 10.1. The summed E-state index contributed by atoms with van der Waals surface area (Å²) in [6.07, 6.45) is 4.48. The summed E-state index contributed by atoms with van der Waals surface area (Å²) in [4.78, 5) is 0. The zero-order valence-electron chi connectivity index (χ0n) is 14.7. The van der Waals surface area contributed by atoms with Crippen molar-refractivity contribution in [2.24, 2.45) is 0 Å². The van der Waals surface area contributed by atoms with Crippen molar-refractivity contribution in [3.05, 3.63) is 48.6 Å². The molecule has 1 N–H and O–H groups in total. The van der Waals surface area contributed by atoms with Gasteiger partial charge in [-0.3, -0.25) is 0 Å². The topological polar surface area (TPSA) is 20.2 Å². The number of rotatable bonds is 5. The van der Waals surface area contributed by atoms with Gasteiger partial charge in [-0.2, -0.15) is 0 Å². The van der Waals surface area contributed by atoms with E-state index in [9.17, 15) is 5.11 Å². The van der Waals surface area contributed by atoms with E-state index >= 15 is 0 Å². The van der Waals surface area contributed by atoms with Crippen molar-refractivity contribution in [3.8, 4) is 11.8 Å². The van der Waals surface area contributed by atoms with Crippen molar-refractivity contribution >= 4 is 8.07 Å². The Morgan fingerprint density at radius 2 is 1.77 bits per heavy atom. The van der Waals surface area contributed by atoms with E-state index < -0.39 is 13.3 Å². The van der Waals surface area contributed by atoms with Gasteiger partial charge in [0.15, 0.2) is 0 Å². The number of allylic oxidation sites excluding steroid dienone is 1. The van der Waals surface area contributed by atoms with Gasteiger partial charge in [0, 0.05) is 5.56 Å². The molecule has 0 amide bonds. The van der Waals surface area contributed by atoms with Crippen LogP contribution in [0.4, 0.5) is 0 Å². The van der Waals surface area contributed by atoms with Crippen molar-refractivity contribution in [3.63, 3.8) is 0 Å². The highest BCUT2D eigenvalue weighted by Crippen LogP contribution is 2.44. The molecule has 0 aliphatic rings. The Kier molecular flexibility index (Phi) is 6.23. The fourth-order valence-electron chi connectivity index (χ4n) is 2.35. The third-order valence-corrected chi connectivity index (χ3v) is 11.2. The molecule has 1 nitrogen and oxygen atoms in total. The maximum Gasteiger partial charge on any atom is 0.113 e. The number of hydrogen-bond acceptors (Lipinski definition) is 1. The van der Waals surface area contributed by atoms with Crippen LogP contribution in [0.3, 0.4) is 0 Å². The minimum Gasteiger partial charge on any atom is -0.381 e. The lowest BCUT2D eigenvalue weighted by molar-refractivity contribution is 0.157. The SMILES string of the molecule is C=CCCC[C@](O)(C#Cc1ccccc1)[Si](C)(C)C(C)(C)C. The monoisotopic (exact) mass is 314 g/mol. The summed E-state index contributed by atoms with van der Waals surface area (Å²) in [5.41, 5.74) is 0.961. The summed E-state index contributed by atoms with van der Waals surface area (Å²) in [6, 6.07) is 9.92. The largest absolute Gasteiger partial charge is 0.381 e. The average molecular weight is 315 g/mol. The molecule has 22 heavy (non-hydrogen) atoms. The molecule has 0 radical (unpaired) electrons. The summed E-state index contributed by atoms with van der Waals surface area (Å²) in [5.74, 6) is 6.45. The Balaban J connectivity index is 3.17. The number of hydrogen-bond donors (Lipinski definition) is 1. The highest BCUT2D eigenvalue weighted by molar-refractivity contribution is 6.83. The van der Waals surface area contributed by atoms with Gasteiger partial charge in [-0.25, -0.2) is 0 Å². The Morgan fingerprint density at radius 3 is 2.27 bits per heavy atom. The van der Waals surface area contributed by atoms with E-state index in [4.69, 9.17) is 0 Å². The summed E-state index contributed by atoms with van der Waals surface area (Å²) < 4.78 is 0. The van der Waals surface area contributed by atoms with Crippen LogP contribution in [0.5, 0.6) is 0 Å². The molecule has 0 unspecified atom stereocenters. The minimum absolute atomic E-state index is 0.0846. The fraction of sp³-hybridized carbons (Fsp3) is 0.500. The van der Waals surface area contributed by atoms with Gasteiger partial charge in [-0.15, -0.1) is 6.58 Å². The van der Waals surface area contributed by atoms with Gasteiger partial charge in [0.2, 0.25) is 0 Å². The van der Waals surface area contributed by atoms with Crippen molar-refractivity contribution in [2.45, 2.75) is 63.4 Å². The van der Waals surface area contributed by atoms with Crippen LogP contribution in [0.25, 0.3) is 0 Å². The van der Waals surface area contributed by atoms with E-state index in [1.807, 2.05) is 36.4 Å². The predicted octanol–water partition coefficient (Wildman–Crippen LogP) is 5.17. The minimum atomic E-state index is -2.01. The van der Waals surface area contributed by atoms with Crippen LogP contribution < -0.4 is 0 Å². The first kappa shape index (κ1) is 18.7. The number of unbranched alkanes of at least 4 members (excludes halogenated alkanes) is 1. The highest BCUT2D eigenvalue weighted by Gasteiger charge is 2.51. The molecule has 1 atom stereocenters. The Morgan fingerprint density at radius 1 is 1.18 bits per heavy atom. The quantitative estimate of drug-likeness (QED) is 0.344. The van der Waals surface area contributed by atoms with E-state index in [1.54, 1.807) is 0 Å². The molecule has 0 aliphatic heterocycles. The predicted molar refractivity (Wildman–Crippen MR) is 99.5 cm³/mol.